The van der Waals surface area contributed by atoms with E-state index >= 15 is 0 Å². The van der Waals surface area contributed by atoms with Crippen molar-refractivity contribution in [3.8, 4) is 11.3 Å². The molecule has 1 aromatic heterocycles. The molecule has 0 atom stereocenters. The van der Waals surface area contributed by atoms with E-state index in [9.17, 15) is 18.0 Å². The molecule has 0 saturated carbocycles. The van der Waals surface area contributed by atoms with Gasteiger partial charge in [0.15, 0.2) is 0 Å². The van der Waals surface area contributed by atoms with Crippen LogP contribution in [-0.4, -0.2) is 35.9 Å². The quantitative estimate of drug-likeness (QED) is 0.624. The minimum absolute atomic E-state index is 0.0285. The molecule has 1 aliphatic rings. The van der Waals surface area contributed by atoms with Crippen LogP contribution in [0.2, 0.25) is 0 Å². The number of aromatic nitrogens is 2. The van der Waals surface area contributed by atoms with Crippen LogP contribution in [0.15, 0.2) is 53.5 Å². The fourth-order valence-electron chi connectivity index (χ4n) is 3.48. The van der Waals surface area contributed by atoms with Gasteiger partial charge in [0.25, 0.3) is 0 Å². The van der Waals surface area contributed by atoms with Crippen LogP contribution in [0.25, 0.3) is 11.3 Å². The Balaban J connectivity index is 1.82. The van der Waals surface area contributed by atoms with Gasteiger partial charge in [0.2, 0.25) is 5.91 Å². The molecule has 4 rings (SSSR count). The Kier molecular flexibility index (Phi) is 5.41. The third-order valence-electron chi connectivity index (χ3n) is 5.05. The van der Waals surface area contributed by atoms with E-state index in [0.29, 0.717) is 17.0 Å². The number of carbonyl (C=O) groups excluding carboxylic acids is 1. The number of anilines is 2. The number of carbonyl (C=O) groups is 1. The standard InChI is InChI=1S/C23H20F3N5O/c1-13-7-8-17(30-29-13)14-5-4-6-15(9-14)18-12-22(32)28-19-10-16(23(24,25)26)21(31(2)3)11-20(19)27-18/h4-11H,12H2,1-3H3,(H,28,32). The normalized spacial score (nSPS) is 13.7. The molecule has 0 fully saturated rings. The molecule has 9 heteroatoms. The lowest BCUT2D eigenvalue weighted by Crippen LogP contribution is -2.18. The molecular weight excluding hydrogens is 419 g/mol. The third-order valence-corrected chi connectivity index (χ3v) is 5.05. The van der Waals surface area contributed by atoms with Crippen molar-refractivity contribution in [1.82, 2.24) is 10.2 Å². The van der Waals surface area contributed by atoms with Crippen LogP contribution in [0.1, 0.15) is 23.2 Å². The molecule has 2 heterocycles. The first-order valence-electron chi connectivity index (χ1n) is 9.83. The van der Waals surface area contributed by atoms with Gasteiger partial charge in [0.05, 0.1) is 46.1 Å². The smallest absolute Gasteiger partial charge is 0.377 e. The summed E-state index contributed by atoms with van der Waals surface area (Å²) in [7, 11) is 3.06. The molecule has 1 aliphatic heterocycles. The first-order chi connectivity index (χ1) is 15.1. The molecule has 0 bridgehead atoms. The first kappa shape index (κ1) is 21.5. The number of benzene rings is 2. The SMILES string of the molecule is Cc1ccc(-c2cccc(C3=Nc4cc(N(C)C)c(C(F)(F)F)cc4NC(=O)C3)c2)nn1. The predicted molar refractivity (Wildman–Crippen MR) is 117 cm³/mol. The van der Waals surface area contributed by atoms with E-state index in [2.05, 4.69) is 20.5 Å². The summed E-state index contributed by atoms with van der Waals surface area (Å²) in [5, 5.41) is 10.8. The summed E-state index contributed by atoms with van der Waals surface area (Å²) in [5.74, 6) is -0.436. The second kappa shape index (κ2) is 8.07. The predicted octanol–water partition coefficient (Wildman–Crippen LogP) is 5.00. The largest absolute Gasteiger partial charge is 0.418 e. The highest BCUT2D eigenvalue weighted by Gasteiger charge is 2.36. The van der Waals surface area contributed by atoms with Gasteiger partial charge in [-0.1, -0.05) is 18.2 Å². The minimum atomic E-state index is -4.57. The fraction of sp³-hybridized carbons (Fsp3) is 0.217. The van der Waals surface area contributed by atoms with E-state index < -0.39 is 17.6 Å². The Bertz CT molecular complexity index is 1220. The summed E-state index contributed by atoms with van der Waals surface area (Å²) >= 11 is 0. The molecular formula is C23H20F3N5O. The van der Waals surface area contributed by atoms with E-state index in [-0.39, 0.29) is 23.5 Å². The molecule has 1 N–H and O–H groups in total. The van der Waals surface area contributed by atoms with E-state index in [0.717, 1.165) is 17.3 Å². The summed E-state index contributed by atoms with van der Waals surface area (Å²) in [5.41, 5.74) is 2.82. The van der Waals surface area contributed by atoms with Gasteiger partial charge in [-0.2, -0.15) is 23.4 Å². The topological polar surface area (TPSA) is 70.5 Å². The van der Waals surface area contributed by atoms with Crippen LogP contribution in [0.5, 0.6) is 0 Å². The van der Waals surface area contributed by atoms with Crippen molar-refractivity contribution < 1.29 is 18.0 Å². The van der Waals surface area contributed by atoms with Crippen LogP contribution in [0.4, 0.5) is 30.2 Å². The van der Waals surface area contributed by atoms with Crippen LogP contribution >= 0.6 is 0 Å². The van der Waals surface area contributed by atoms with Gasteiger partial charge in [-0.15, -0.1) is 0 Å². The van der Waals surface area contributed by atoms with Crippen LogP contribution in [0.3, 0.4) is 0 Å². The van der Waals surface area contributed by atoms with Crippen molar-refractivity contribution in [2.75, 3.05) is 24.3 Å². The lowest BCUT2D eigenvalue weighted by Gasteiger charge is -2.21. The lowest BCUT2D eigenvalue weighted by molar-refractivity contribution is -0.137. The fourth-order valence-corrected chi connectivity index (χ4v) is 3.48. The van der Waals surface area contributed by atoms with Gasteiger partial charge in [-0.3, -0.25) is 9.79 Å². The highest BCUT2D eigenvalue weighted by molar-refractivity contribution is 6.17. The van der Waals surface area contributed by atoms with Crippen molar-refractivity contribution in [3.63, 3.8) is 0 Å². The second-order valence-electron chi connectivity index (χ2n) is 7.70. The first-order valence-corrected chi connectivity index (χ1v) is 9.83. The van der Waals surface area contributed by atoms with Crippen molar-refractivity contribution in [1.29, 1.82) is 0 Å². The molecule has 6 nitrogen and oxygen atoms in total. The molecule has 0 spiro atoms. The van der Waals surface area contributed by atoms with Crippen molar-refractivity contribution in [3.05, 3.63) is 65.4 Å². The minimum Gasteiger partial charge on any atom is -0.377 e. The van der Waals surface area contributed by atoms with Gasteiger partial charge in [-0.05, 0) is 42.8 Å². The Hall–Kier alpha value is -3.75. The molecule has 1 amide bonds. The molecule has 164 valence electrons. The maximum atomic E-state index is 13.6. The van der Waals surface area contributed by atoms with E-state index in [4.69, 9.17) is 0 Å². The zero-order valence-corrected chi connectivity index (χ0v) is 17.7. The number of amides is 1. The van der Waals surface area contributed by atoms with Gasteiger partial charge < -0.3 is 10.2 Å². The average molecular weight is 439 g/mol. The number of aliphatic imine (C=N–C) groups is 1. The van der Waals surface area contributed by atoms with Crippen LogP contribution < -0.4 is 10.2 Å². The Morgan fingerprint density at radius 1 is 1.00 bits per heavy atom. The summed E-state index contributed by atoms with van der Waals surface area (Å²) in [6.07, 6.45) is -4.64. The number of alkyl halides is 3. The highest BCUT2D eigenvalue weighted by atomic mass is 19.4. The number of hydrogen-bond donors (Lipinski definition) is 1. The van der Waals surface area contributed by atoms with E-state index in [1.165, 1.54) is 25.1 Å². The van der Waals surface area contributed by atoms with Gasteiger partial charge >= 0.3 is 6.18 Å². The summed E-state index contributed by atoms with van der Waals surface area (Å²) in [4.78, 5) is 18.5. The van der Waals surface area contributed by atoms with E-state index in [1.807, 2.05) is 37.3 Å². The maximum Gasteiger partial charge on any atom is 0.418 e. The molecule has 0 saturated heterocycles. The van der Waals surface area contributed by atoms with Crippen molar-refractivity contribution >= 4 is 28.7 Å². The number of rotatable bonds is 3. The van der Waals surface area contributed by atoms with Gasteiger partial charge in [-0.25, -0.2) is 0 Å². The zero-order chi connectivity index (χ0) is 23.0. The van der Waals surface area contributed by atoms with Crippen molar-refractivity contribution in [2.45, 2.75) is 19.5 Å². The second-order valence-corrected chi connectivity index (χ2v) is 7.70. The third kappa shape index (κ3) is 4.32. The Labute approximate surface area is 182 Å². The maximum absolute atomic E-state index is 13.6. The number of nitrogens with one attached hydrogen (secondary N) is 1. The number of hydrogen-bond acceptors (Lipinski definition) is 5. The number of aryl methyl sites for hydroxylation is 1. The van der Waals surface area contributed by atoms with Crippen molar-refractivity contribution in [2.24, 2.45) is 4.99 Å². The Morgan fingerprint density at radius 2 is 1.75 bits per heavy atom. The summed E-state index contributed by atoms with van der Waals surface area (Å²) in [6, 6.07) is 13.3. The molecule has 0 aliphatic carbocycles. The lowest BCUT2D eigenvalue weighted by atomic mass is 10.0. The van der Waals surface area contributed by atoms with Gasteiger partial charge in [0, 0.05) is 19.7 Å². The van der Waals surface area contributed by atoms with Crippen LogP contribution in [-0.2, 0) is 11.0 Å². The highest BCUT2D eigenvalue weighted by Crippen LogP contribution is 2.43. The Morgan fingerprint density at radius 3 is 2.41 bits per heavy atom. The summed E-state index contributed by atoms with van der Waals surface area (Å²) in [6.45, 7) is 1.84. The monoisotopic (exact) mass is 439 g/mol. The number of halogens is 3. The summed E-state index contributed by atoms with van der Waals surface area (Å²) < 4.78 is 40.7. The molecule has 0 unspecified atom stereocenters. The van der Waals surface area contributed by atoms with Gasteiger partial charge in [0.1, 0.15) is 0 Å². The molecule has 3 aromatic rings. The molecule has 32 heavy (non-hydrogen) atoms. The number of nitrogens with zero attached hydrogens (tertiary/aromatic N) is 4. The molecule has 0 radical (unpaired) electrons. The van der Waals surface area contributed by atoms with E-state index in [1.54, 1.807) is 6.07 Å². The number of fused-ring (bicyclic) bond motifs is 1. The molecule has 2 aromatic carbocycles. The zero-order valence-electron chi connectivity index (χ0n) is 17.7. The average Bonchev–Trinajstić information content (AvgIpc) is 2.90. The van der Waals surface area contributed by atoms with Crippen LogP contribution in [0, 0.1) is 6.92 Å².